The second-order valence-corrected chi connectivity index (χ2v) is 5.89. The molecule has 0 aliphatic rings. The summed E-state index contributed by atoms with van der Waals surface area (Å²) in [7, 11) is 0. The third-order valence-corrected chi connectivity index (χ3v) is 3.99. The van der Waals surface area contributed by atoms with Crippen molar-refractivity contribution in [1.29, 1.82) is 0 Å². The molecule has 0 atom stereocenters. The fourth-order valence-corrected chi connectivity index (χ4v) is 2.59. The number of imidazole rings is 1. The van der Waals surface area contributed by atoms with Crippen LogP contribution in [0.4, 0.5) is 0 Å². The van der Waals surface area contributed by atoms with Crippen molar-refractivity contribution in [2.24, 2.45) is 0 Å². The van der Waals surface area contributed by atoms with Gasteiger partial charge in [-0.3, -0.25) is 9.59 Å². The first-order valence-corrected chi connectivity index (χ1v) is 8.62. The van der Waals surface area contributed by atoms with E-state index in [1.54, 1.807) is 24.3 Å². The number of Topliss-reactive ketones (excluding diaryl/α,β-unsaturated/α-hetero) is 1. The van der Waals surface area contributed by atoms with Gasteiger partial charge in [0.15, 0.2) is 12.4 Å². The molecule has 0 saturated heterocycles. The van der Waals surface area contributed by atoms with Crippen molar-refractivity contribution < 1.29 is 14.3 Å². The quantitative estimate of drug-likeness (QED) is 0.611. The van der Waals surface area contributed by atoms with Crippen LogP contribution >= 0.6 is 0 Å². The Morgan fingerprint density at radius 1 is 1.12 bits per heavy atom. The first kappa shape index (κ1) is 17.7. The summed E-state index contributed by atoms with van der Waals surface area (Å²) in [6.45, 7) is 2.23. The Balaban J connectivity index is 1.42. The number of amides is 1. The van der Waals surface area contributed by atoms with Gasteiger partial charge in [0.05, 0.1) is 11.0 Å². The summed E-state index contributed by atoms with van der Waals surface area (Å²) in [6, 6.07) is 14.6. The summed E-state index contributed by atoms with van der Waals surface area (Å²) in [5.41, 5.74) is 2.56. The molecule has 0 fully saturated rings. The molecule has 1 aromatic heterocycles. The van der Waals surface area contributed by atoms with E-state index >= 15 is 0 Å². The molecule has 2 N–H and O–H groups in total. The fraction of sp³-hybridized carbons (Fsp3) is 0.250. The fourth-order valence-electron chi connectivity index (χ4n) is 2.59. The lowest BCUT2D eigenvalue weighted by molar-refractivity contribution is -0.123. The Hall–Kier alpha value is -3.15. The number of fused-ring (bicyclic) bond motifs is 1. The highest BCUT2D eigenvalue weighted by molar-refractivity contribution is 5.95. The molecule has 0 unspecified atom stereocenters. The van der Waals surface area contributed by atoms with Crippen molar-refractivity contribution in [3.63, 3.8) is 0 Å². The molecule has 2 aromatic carbocycles. The summed E-state index contributed by atoms with van der Waals surface area (Å²) in [4.78, 5) is 31.1. The zero-order valence-corrected chi connectivity index (χ0v) is 14.6. The number of hydrogen-bond acceptors (Lipinski definition) is 4. The molecule has 0 saturated carbocycles. The lowest BCUT2D eigenvalue weighted by atomic mass is 10.1. The zero-order chi connectivity index (χ0) is 18.4. The molecular formula is C20H21N3O3. The number of benzene rings is 2. The van der Waals surface area contributed by atoms with Gasteiger partial charge in [-0.05, 0) is 36.4 Å². The topological polar surface area (TPSA) is 84.1 Å². The van der Waals surface area contributed by atoms with E-state index in [1.807, 2.05) is 31.2 Å². The third kappa shape index (κ3) is 4.47. The van der Waals surface area contributed by atoms with Crippen molar-refractivity contribution in [3.05, 3.63) is 59.9 Å². The normalized spacial score (nSPS) is 10.7. The van der Waals surface area contributed by atoms with Crippen LogP contribution in [-0.2, 0) is 11.2 Å². The number of ether oxygens (including phenoxy) is 1. The zero-order valence-electron chi connectivity index (χ0n) is 14.6. The van der Waals surface area contributed by atoms with Gasteiger partial charge in [0.25, 0.3) is 5.91 Å². The second kappa shape index (κ2) is 8.29. The Morgan fingerprint density at radius 3 is 2.62 bits per heavy atom. The monoisotopic (exact) mass is 351 g/mol. The summed E-state index contributed by atoms with van der Waals surface area (Å²) < 4.78 is 5.44. The van der Waals surface area contributed by atoms with E-state index in [2.05, 4.69) is 15.3 Å². The number of nitrogens with zero attached hydrogens (tertiary/aromatic N) is 1. The number of hydrogen-bond donors (Lipinski definition) is 2. The summed E-state index contributed by atoms with van der Waals surface area (Å²) in [5, 5.41) is 2.81. The van der Waals surface area contributed by atoms with Gasteiger partial charge in [0.2, 0.25) is 0 Å². The molecule has 1 amide bonds. The van der Waals surface area contributed by atoms with Gasteiger partial charge >= 0.3 is 0 Å². The van der Waals surface area contributed by atoms with Gasteiger partial charge < -0.3 is 15.0 Å². The molecule has 3 aromatic rings. The minimum atomic E-state index is -0.199. The van der Waals surface area contributed by atoms with Gasteiger partial charge in [-0.1, -0.05) is 19.1 Å². The first-order valence-electron chi connectivity index (χ1n) is 8.62. The summed E-state index contributed by atoms with van der Waals surface area (Å²) >= 11 is 0. The number of para-hydroxylation sites is 2. The van der Waals surface area contributed by atoms with E-state index in [9.17, 15) is 9.59 Å². The van der Waals surface area contributed by atoms with E-state index in [-0.39, 0.29) is 18.3 Å². The largest absolute Gasteiger partial charge is 0.484 e. The molecule has 0 bridgehead atoms. The number of ketones is 1. The van der Waals surface area contributed by atoms with Crippen LogP contribution in [0.25, 0.3) is 11.0 Å². The molecule has 0 aliphatic heterocycles. The highest BCUT2D eigenvalue weighted by Gasteiger charge is 2.06. The van der Waals surface area contributed by atoms with E-state index in [1.165, 1.54) is 0 Å². The molecule has 134 valence electrons. The van der Waals surface area contributed by atoms with Crippen LogP contribution in [0.15, 0.2) is 48.5 Å². The van der Waals surface area contributed by atoms with Gasteiger partial charge in [0.1, 0.15) is 11.6 Å². The maximum atomic E-state index is 11.9. The van der Waals surface area contributed by atoms with Gasteiger partial charge in [-0.15, -0.1) is 0 Å². The first-order chi connectivity index (χ1) is 12.7. The third-order valence-electron chi connectivity index (χ3n) is 3.99. The molecular weight excluding hydrogens is 330 g/mol. The Bertz CT molecular complexity index is 867. The number of aromatic nitrogens is 2. The second-order valence-electron chi connectivity index (χ2n) is 5.89. The standard InChI is InChI=1S/C20H21N3O3/c1-2-18(24)14-7-9-15(10-8-14)26-13-20(25)21-12-11-19-22-16-5-3-4-6-17(16)23-19/h3-10H,2,11-13H2,1H3,(H,21,25)(H,22,23). The van der Waals surface area contributed by atoms with E-state index in [0.29, 0.717) is 30.7 Å². The highest BCUT2D eigenvalue weighted by atomic mass is 16.5. The lowest BCUT2D eigenvalue weighted by Gasteiger charge is -2.07. The van der Waals surface area contributed by atoms with Crippen LogP contribution in [-0.4, -0.2) is 34.8 Å². The summed E-state index contributed by atoms with van der Waals surface area (Å²) in [6.07, 6.45) is 1.09. The van der Waals surface area contributed by atoms with E-state index in [0.717, 1.165) is 16.9 Å². The molecule has 0 aliphatic carbocycles. The van der Waals surface area contributed by atoms with Crippen LogP contribution in [0.1, 0.15) is 29.5 Å². The van der Waals surface area contributed by atoms with Gasteiger partial charge in [-0.2, -0.15) is 0 Å². The van der Waals surface area contributed by atoms with Crippen molar-refractivity contribution in [1.82, 2.24) is 15.3 Å². The number of aromatic amines is 1. The SMILES string of the molecule is CCC(=O)c1ccc(OCC(=O)NCCc2nc3ccccc3[nH]2)cc1. The number of rotatable bonds is 8. The lowest BCUT2D eigenvalue weighted by Crippen LogP contribution is -2.30. The average molecular weight is 351 g/mol. The number of nitrogens with one attached hydrogen (secondary N) is 2. The van der Waals surface area contributed by atoms with Crippen molar-refractivity contribution in [2.75, 3.05) is 13.2 Å². The Kier molecular flexibility index (Phi) is 5.63. The number of carbonyl (C=O) groups excluding carboxylic acids is 2. The van der Waals surface area contributed by atoms with Gasteiger partial charge in [-0.25, -0.2) is 4.98 Å². The maximum Gasteiger partial charge on any atom is 0.257 e. The van der Waals surface area contributed by atoms with Crippen LogP contribution in [0.2, 0.25) is 0 Å². The Labute approximate surface area is 151 Å². The number of carbonyl (C=O) groups is 2. The van der Waals surface area contributed by atoms with E-state index in [4.69, 9.17) is 4.74 Å². The Morgan fingerprint density at radius 2 is 1.88 bits per heavy atom. The van der Waals surface area contributed by atoms with Crippen molar-refractivity contribution in [3.8, 4) is 5.75 Å². The minimum absolute atomic E-state index is 0.0683. The predicted octanol–water partition coefficient (Wildman–Crippen LogP) is 2.89. The molecule has 0 spiro atoms. The van der Waals surface area contributed by atoms with Crippen LogP contribution in [0.3, 0.4) is 0 Å². The minimum Gasteiger partial charge on any atom is -0.484 e. The smallest absolute Gasteiger partial charge is 0.257 e. The molecule has 6 nitrogen and oxygen atoms in total. The van der Waals surface area contributed by atoms with Gasteiger partial charge in [0, 0.05) is 24.9 Å². The maximum absolute atomic E-state index is 11.9. The van der Waals surface area contributed by atoms with E-state index < -0.39 is 0 Å². The van der Waals surface area contributed by atoms with Crippen molar-refractivity contribution >= 4 is 22.7 Å². The van der Waals surface area contributed by atoms with Crippen LogP contribution in [0.5, 0.6) is 5.75 Å². The predicted molar refractivity (Wildman–Crippen MR) is 99.4 cm³/mol. The van der Waals surface area contributed by atoms with Crippen LogP contribution < -0.4 is 10.1 Å². The highest BCUT2D eigenvalue weighted by Crippen LogP contribution is 2.13. The number of H-pyrrole nitrogens is 1. The van der Waals surface area contributed by atoms with Crippen molar-refractivity contribution in [2.45, 2.75) is 19.8 Å². The van der Waals surface area contributed by atoms with Crippen LogP contribution in [0, 0.1) is 0 Å². The molecule has 1 heterocycles. The molecule has 6 heteroatoms. The average Bonchev–Trinajstić information content (AvgIpc) is 3.09. The molecule has 0 radical (unpaired) electrons. The molecule has 26 heavy (non-hydrogen) atoms. The molecule has 3 rings (SSSR count). The summed E-state index contributed by atoms with van der Waals surface area (Å²) in [5.74, 6) is 1.28.